The quantitative estimate of drug-likeness (QED) is 0.787. The molecule has 1 amide bonds. The Morgan fingerprint density at radius 1 is 1.27 bits per heavy atom. The molecule has 0 bridgehead atoms. The van der Waals surface area contributed by atoms with Gasteiger partial charge in [-0.1, -0.05) is 11.6 Å². The van der Waals surface area contributed by atoms with Crippen molar-refractivity contribution in [3.05, 3.63) is 58.8 Å². The number of aryl methyl sites for hydroxylation is 1. The second-order valence-electron chi connectivity index (χ2n) is 4.80. The Morgan fingerprint density at radius 2 is 2.05 bits per heavy atom. The highest BCUT2D eigenvalue weighted by Crippen LogP contribution is 2.34. The first-order valence-electron chi connectivity index (χ1n) is 6.49. The Kier molecular flexibility index (Phi) is 3.50. The molecule has 110 valence electrons. The number of fused-ring (bicyclic) bond motifs is 1. The monoisotopic (exact) mass is 315 g/mol. The lowest BCUT2D eigenvalue weighted by Gasteiger charge is -2.13. The fraction of sp³-hybridized carbons (Fsp3) is 0.0625. The number of rotatable bonds is 2. The number of pyridine rings is 2. The summed E-state index contributed by atoms with van der Waals surface area (Å²) in [4.78, 5) is 19.9. The second kappa shape index (κ2) is 5.35. The summed E-state index contributed by atoms with van der Waals surface area (Å²) in [5.74, 6) is -1.21. The third-order valence-corrected chi connectivity index (χ3v) is 3.74. The summed E-state index contributed by atoms with van der Waals surface area (Å²) in [7, 11) is 0. The number of primary amides is 1. The number of carbonyl (C=O) groups is 1. The first kappa shape index (κ1) is 14.4. The highest BCUT2D eigenvalue weighted by molar-refractivity contribution is 6.34. The number of carbonyl (C=O) groups excluding carboxylic acids is 1. The third-order valence-electron chi connectivity index (χ3n) is 3.46. The predicted octanol–water partition coefficient (Wildman–Crippen LogP) is 3.50. The molecule has 6 heteroatoms. The van der Waals surface area contributed by atoms with Gasteiger partial charge in [0.25, 0.3) is 5.91 Å². The zero-order valence-corrected chi connectivity index (χ0v) is 12.4. The van der Waals surface area contributed by atoms with Crippen LogP contribution in [0.15, 0.2) is 36.7 Å². The first-order valence-corrected chi connectivity index (χ1v) is 6.87. The molecule has 0 aliphatic rings. The summed E-state index contributed by atoms with van der Waals surface area (Å²) in [6.45, 7) is 1.67. The highest BCUT2D eigenvalue weighted by Gasteiger charge is 2.21. The van der Waals surface area contributed by atoms with Gasteiger partial charge in [-0.3, -0.25) is 14.8 Å². The van der Waals surface area contributed by atoms with Crippen LogP contribution in [0, 0.1) is 12.7 Å². The number of halogens is 2. The molecule has 2 heterocycles. The lowest BCUT2D eigenvalue weighted by molar-refractivity contribution is 0.100. The van der Waals surface area contributed by atoms with Crippen molar-refractivity contribution in [2.45, 2.75) is 6.92 Å². The van der Waals surface area contributed by atoms with Crippen LogP contribution in [-0.4, -0.2) is 15.9 Å². The molecule has 3 aromatic rings. The lowest BCUT2D eigenvalue weighted by atomic mass is 9.96. The Hall–Kier alpha value is -2.53. The molecular weight excluding hydrogens is 305 g/mol. The molecule has 2 N–H and O–H groups in total. The molecule has 2 aromatic heterocycles. The van der Waals surface area contributed by atoms with E-state index in [1.165, 1.54) is 6.20 Å². The van der Waals surface area contributed by atoms with Crippen molar-refractivity contribution in [1.29, 1.82) is 0 Å². The van der Waals surface area contributed by atoms with Gasteiger partial charge in [-0.25, -0.2) is 4.39 Å². The van der Waals surface area contributed by atoms with E-state index in [1.807, 2.05) is 0 Å². The van der Waals surface area contributed by atoms with E-state index in [4.69, 9.17) is 17.3 Å². The number of hydrogen-bond acceptors (Lipinski definition) is 3. The van der Waals surface area contributed by atoms with Crippen LogP contribution in [0.2, 0.25) is 5.02 Å². The van der Waals surface area contributed by atoms with Gasteiger partial charge in [-0.2, -0.15) is 0 Å². The summed E-state index contributed by atoms with van der Waals surface area (Å²) in [5.41, 5.74) is 6.99. The van der Waals surface area contributed by atoms with Crippen molar-refractivity contribution < 1.29 is 9.18 Å². The van der Waals surface area contributed by atoms with E-state index in [2.05, 4.69) is 9.97 Å². The number of hydrogen-bond donors (Lipinski definition) is 1. The van der Waals surface area contributed by atoms with Crippen LogP contribution in [0.4, 0.5) is 4.39 Å². The van der Waals surface area contributed by atoms with Gasteiger partial charge in [-0.05, 0) is 31.2 Å². The van der Waals surface area contributed by atoms with E-state index in [-0.39, 0.29) is 16.1 Å². The maximum Gasteiger partial charge on any atom is 0.250 e. The molecule has 0 spiro atoms. The molecule has 0 radical (unpaired) electrons. The summed E-state index contributed by atoms with van der Waals surface area (Å²) < 4.78 is 14.8. The standard InChI is InChI=1S/C16H11ClFN3O/c1-8-13(14(16(19)22)11(17)7-21-8)10-4-5-12-9(15(10)18)3-2-6-20-12/h2-7H,1H3,(H2,19,22). The molecule has 4 nitrogen and oxygen atoms in total. The van der Waals surface area contributed by atoms with E-state index >= 15 is 0 Å². The van der Waals surface area contributed by atoms with Gasteiger partial charge >= 0.3 is 0 Å². The van der Waals surface area contributed by atoms with Crippen molar-refractivity contribution in [1.82, 2.24) is 9.97 Å². The molecule has 22 heavy (non-hydrogen) atoms. The smallest absolute Gasteiger partial charge is 0.250 e. The highest BCUT2D eigenvalue weighted by atomic mass is 35.5. The predicted molar refractivity (Wildman–Crippen MR) is 83.2 cm³/mol. The van der Waals surface area contributed by atoms with E-state index < -0.39 is 11.7 Å². The Bertz CT molecular complexity index is 911. The fourth-order valence-corrected chi connectivity index (χ4v) is 2.70. The van der Waals surface area contributed by atoms with Crippen LogP contribution in [-0.2, 0) is 0 Å². The SMILES string of the molecule is Cc1ncc(Cl)c(C(N)=O)c1-c1ccc2ncccc2c1F. The topological polar surface area (TPSA) is 68.9 Å². The average Bonchev–Trinajstić information content (AvgIpc) is 2.50. The Labute approximate surface area is 130 Å². The largest absolute Gasteiger partial charge is 0.366 e. The minimum Gasteiger partial charge on any atom is -0.366 e. The molecule has 0 aliphatic carbocycles. The molecule has 0 saturated heterocycles. The van der Waals surface area contributed by atoms with Crippen LogP contribution < -0.4 is 5.73 Å². The van der Waals surface area contributed by atoms with Crippen molar-refractivity contribution >= 4 is 28.4 Å². The number of nitrogens with two attached hydrogens (primary N) is 1. The Morgan fingerprint density at radius 3 is 2.77 bits per heavy atom. The van der Waals surface area contributed by atoms with Crippen molar-refractivity contribution in [2.24, 2.45) is 5.73 Å². The van der Waals surface area contributed by atoms with E-state index in [0.29, 0.717) is 22.2 Å². The van der Waals surface area contributed by atoms with E-state index in [0.717, 1.165) is 0 Å². The first-order chi connectivity index (χ1) is 10.5. The van der Waals surface area contributed by atoms with Gasteiger partial charge in [-0.15, -0.1) is 0 Å². The van der Waals surface area contributed by atoms with Gasteiger partial charge in [0.05, 0.1) is 16.1 Å². The average molecular weight is 316 g/mol. The Balaban J connectivity index is 2.40. The number of nitrogens with zero attached hydrogens (tertiary/aromatic N) is 2. The van der Waals surface area contributed by atoms with Gasteiger partial charge in [0.1, 0.15) is 5.82 Å². The molecule has 0 saturated carbocycles. The van der Waals surface area contributed by atoms with Gasteiger partial charge in [0.15, 0.2) is 0 Å². The number of amides is 1. The molecule has 0 fully saturated rings. The number of aromatic nitrogens is 2. The minimum absolute atomic E-state index is 0.0660. The normalized spacial score (nSPS) is 10.9. The van der Waals surface area contributed by atoms with E-state index in [1.54, 1.807) is 37.4 Å². The van der Waals surface area contributed by atoms with Crippen molar-refractivity contribution in [2.75, 3.05) is 0 Å². The van der Waals surface area contributed by atoms with Crippen molar-refractivity contribution in [3.8, 4) is 11.1 Å². The van der Waals surface area contributed by atoms with Crippen LogP contribution in [0.1, 0.15) is 16.1 Å². The fourth-order valence-electron chi connectivity index (χ4n) is 2.46. The van der Waals surface area contributed by atoms with Crippen LogP contribution >= 0.6 is 11.6 Å². The third kappa shape index (κ3) is 2.19. The van der Waals surface area contributed by atoms with Crippen LogP contribution in [0.3, 0.4) is 0 Å². The maximum absolute atomic E-state index is 14.8. The van der Waals surface area contributed by atoms with Gasteiger partial charge in [0.2, 0.25) is 0 Å². The van der Waals surface area contributed by atoms with Crippen LogP contribution in [0.25, 0.3) is 22.0 Å². The van der Waals surface area contributed by atoms with Gasteiger partial charge in [0, 0.05) is 34.6 Å². The number of benzene rings is 1. The summed E-state index contributed by atoms with van der Waals surface area (Å²) >= 11 is 6.02. The molecule has 3 rings (SSSR count). The van der Waals surface area contributed by atoms with E-state index in [9.17, 15) is 9.18 Å². The molecule has 0 unspecified atom stereocenters. The minimum atomic E-state index is -0.726. The zero-order valence-electron chi connectivity index (χ0n) is 11.6. The molecule has 0 aliphatic heterocycles. The maximum atomic E-state index is 14.8. The summed E-state index contributed by atoms with van der Waals surface area (Å²) in [5, 5.41) is 0.452. The molecular formula is C16H11ClFN3O. The second-order valence-corrected chi connectivity index (χ2v) is 5.21. The zero-order chi connectivity index (χ0) is 15.9. The van der Waals surface area contributed by atoms with Gasteiger partial charge < -0.3 is 5.73 Å². The molecule has 1 aromatic carbocycles. The van der Waals surface area contributed by atoms with Crippen LogP contribution in [0.5, 0.6) is 0 Å². The lowest BCUT2D eigenvalue weighted by Crippen LogP contribution is -2.15. The molecule has 0 atom stereocenters. The summed E-state index contributed by atoms with van der Waals surface area (Å²) in [6.07, 6.45) is 2.92. The van der Waals surface area contributed by atoms with Crippen molar-refractivity contribution in [3.63, 3.8) is 0 Å². The summed E-state index contributed by atoms with van der Waals surface area (Å²) in [6, 6.07) is 6.50.